The summed E-state index contributed by atoms with van der Waals surface area (Å²) in [5.41, 5.74) is 0.551. The van der Waals surface area contributed by atoms with Crippen molar-refractivity contribution in [2.24, 2.45) is 0 Å². The van der Waals surface area contributed by atoms with Gasteiger partial charge in [0.05, 0.1) is 19.8 Å². The van der Waals surface area contributed by atoms with Gasteiger partial charge in [-0.15, -0.1) is 0 Å². The van der Waals surface area contributed by atoms with Crippen molar-refractivity contribution in [1.29, 1.82) is 0 Å². The molecule has 122 valence electrons. The van der Waals surface area contributed by atoms with Crippen LogP contribution in [0.25, 0.3) is 0 Å². The van der Waals surface area contributed by atoms with E-state index < -0.39 is 0 Å². The van der Waals surface area contributed by atoms with Gasteiger partial charge in [-0.3, -0.25) is 9.89 Å². The maximum absolute atomic E-state index is 12.7. The van der Waals surface area contributed by atoms with Crippen LogP contribution in [0.5, 0.6) is 5.88 Å². The standard InChI is InChI=1S/C15H19N5O3/c1-3-22-13-8-11(4-5-16-13)15(21)20-6-7-23-12(9-20)14-17-10(2)18-19-14/h4-5,8,12H,3,6-7,9H2,1-2H3,(H,17,18,19)/t12-/m1/s1. The van der Waals surface area contributed by atoms with Gasteiger partial charge in [0.2, 0.25) is 5.88 Å². The molecule has 0 radical (unpaired) electrons. The highest BCUT2D eigenvalue weighted by Gasteiger charge is 2.28. The summed E-state index contributed by atoms with van der Waals surface area (Å²) in [6.07, 6.45) is 1.26. The summed E-state index contributed by atoms with van der Waals surface area (Å²) in [6, 6.07) is 3.35. The summed E-state index contributed by atoms with van der Waals surface area (Å²) >= 11 is 0. The zero-order valence-corrected chi connectivity index (χ0v) is 13.2. The molecule has 2 aromatic heterocycles. The molecule has 0 spiro atoms. The second-order valence-electron chi connectivity index (χ2n) is 5.21. The van der Waals surface area contributed by atoms with Crippen molar-refractivity contribution in [2.45, 2.75) is 20.0 Å². The number of pyridine rings is 1. The minimum atomic E-state index is -0.314. The van der Waals surface area contributed by atoms with Gasteiger partial charge >= 0.3 is 0 Å². The van der Waals surface area contributed by atoms with Crippen molar-refractivity contribution in [3.8, 4) is 5.88 Å². The van der Waals surface area contributed by atoms with Crippen LogP contribution >= 0.6 is 0 Å². The number of H-pyrrole nitrogens is 1. The molecule has 0 unspecified atom stereocenters. The Morgan fingerprint density at radius 3 is 3.17 bits per heavy atom. The predicted octanol–water partition coefficient (Wildman–Crippen LogP) is 1.12. The molecule has 1 aliphatic rings. The number of aryl methyl sites for hydroxylation is 1. The minimum Gasteiger partial charge on any atom is -0.478 e. The molecule has 1 aliphatic heterocycles. The Morgan fingerprint density at radius 2 is 2.43 bits per heavy atom. The van der Waals surface area contributed by atoms with E-state index in [0.29, 0.717) is 43.6 Å². The average molecular weight is 317 g/mol. The van der Waals surface area contributed by atoms with Crippen molar-refractivity contribution in [1.82, 2.24) is 25.1 Å². The van der Waals surface area contributed by atoms with E-state index in [-0.39, 0.29) is 12.0 Å². The Kier molecular flexibility index (Phi) is 4.52. The quantitative estimate of drug-likeness (QED) is 0.908. The largest absolute Gasteiger partial charge is 0.478 e. The van der Waals surface area contributed by atoms with Crippen LogP contribution < -0.4 is 4.74 Å². The molecule has 1 fully saturated rings. The lowest BCUT2D eigenvalue weighted by atomic mass is 10.2. The molecule has 3 rings (SSSR count). The third kappa shape index (κ3) is 3.48. The molecular weight excluding hydrogens is 298 g/mol. The lowest BCUT2D eigenvalue weighted by molar-refractivity contribution is -0.0266. The Labute approximate surface area is 133 Å². The molecule has 1 N–H and O–H groups in total. The summed E-state index contributed by atoms with van der Waals surface area (Å²) in [4.78, 5) is 22.8. The maximum atomic E-state index is 12.7. The van der Waals surface area contributed by atoms with Crippen molar-refractivity contribution < 1.29 is 14.3 Å². The first-order valence-corrected chi connectivity index (χ1v) is 7.56. The monoisotopic (exact) mass is 317 g/mol. The number of carbonyl (C=O) groups is 1. The number of hydrogen-bond donors (Lipinski definition) is 1. The molecule has 0 aliphatic carbocycles. The van der Waals surface area contributed by atoms with Gasteiger partial charge in [-0.2, -0.15) is 5.10 Å². The number of nitrogens with zero attached hydrogens (tertiary/aromatic N) is 4. The number of ether oxygens (including phenoxy) is 2. The van der Waals surface area contributed by atoms with Crippen LogP contribution in [0.3, 0.4) is 0 Å². The topological polar surface area (TPSA) is 93.2 Å². The van der Waals surface area contributed by atoms with Crippen LogP contribution in [0.2, 0.25) is 0 Å². The van der Waals surface area contributed by atoms with E-state index in [9.17, 15) is 4.79 Å². The zero-order chi connectivity index (χ0) is 16.2. The van der Waals surface area contributed by atoms with E-state index in [1.54, 1.807) is 23.2 Å². The number of aromatic amines is 1. The van der Waals surface area contributed by atoms with Gasteiger partial charge in [0.25, 0.3) is 5.91 Å². The van der Waals surface area contributed by atoms with E-state index in [1.807, 2.05) is 13.8 Å². The highest BCUT2D eigenvalue weighted by molar-refractivity contribution is 5.94. The highest BCUT2D eigenvalue weighted by atomic mass is 16.5. The number of rotatable bonds is 4. The summed E-state index contributed by atoms with van der Waals surface area (Å²) < 4.78 is 11.0. The molecule has 1 amide bonds. The molecular formula is C15H19N5O3. The normalized spacial score (nSPS) is 18.0. The summed E-state index contributed by atoms with van der Waals surface area (Å²) in [5.74, 6) is 1.67. The molecule has 1 saturated heterocycles. The smallest absolute Gasteiger partial charge is 0.254 e. The molecule has 8 heteroatoms. The van der Waals surface area contributed by atoms with Crippen LogP contribution in [0.1, 0.15) is 35.0 Å². The van der Waals surface area contributed by atoms with E-state index in [2.05, 4.69) is 20.2 Å². The fourth-order valence-electron chi connectivity index (χ4n) is 2.45. The minimum absolute atomic E-state index is 0.0751. The number of carbonyl (C=O) groups excluding carboxylic acids is 1. The molecule has 8 nitrogen and oxygen atoms in total. The summed E-state index contributed by atoms with van der Waals surface area (Å²) in [6.45, 7) is 5.62. The number of morpholine rings is 1. The van der Waals surface area contributed by atoms with Crippen LogP contribution in [0.15, 0.2) is 18.3 Å². The Hall–Kier alpha value is -2.48. The van der Waals surface area contributed by atoms with Crippen LogP contribution in [0.4, 0.5) is 0 Å². The number of amides is 1. The van der Waals surface area contributed by atoms with Gasteiger partial charge in [-0.05, 0) is 19.9 Å². The van der Waals surface area contributed by atoms with Crippen LogP contribution in [-0.2, 0) is 4.74 Å². The molecule has 0 aromatic carbocycles. The third-order valence-corrected chi connectivity index (χ3v) is 3.53. The first-order valence-electron chi connectivity index (χ1n) is 7.56. The van der Waals surface area contributed by atoms with Gasteiger partial charge in [0.15, 0.2) is 5.82 Å². The first kappa shape index (κ1) is 15.4. The van der Waals surface area contributed by atoms with Gasteiger partial charge in [-0.1, -0.05) is 0 Å². The third-order valence-electron chi connectivity index (χ3n) is 3.53. The maximum Gasteiger partial charge on any atom is 0.254 e. The van der Waals surface area contributed by atoms with Gasteiger partial charge in [-0.25, -0.2) is 9.97 Å². The fourth-order valence-corrected chi connectivity index (χ4v) is 2.45. The lowest BCUT2D eigenvalue weighted by Gasteiger charge is -2.31. The second-order valence-corrected chi connectivity index (χ2v) is 5.21. The lowest BCUT2D eigenvalue weighted by Crippen LogP contribution is -2.42. The van der Waals surface area contributed by atoms with Gasteiger partial charge in [0.1, 0.15) is 11.9 Å². The van der Waals surface area contributed by atoms with E-state index in [0.717, 1.165) is 5.82 Å². The molecule has 0 saturated carbocycles. The molecule has 23 heavy (non-hydrogen) atoms. The van der Waals surface area contributed by atoms with Gasteiger partial charge < -0.3 is 14.4 Å². The number of aromatic nitrogens is 4. The van der Waals surface area contributed by atoms with Crippen molar-refractivity contribution in [2.75, 3.05) is 26.3 Å². The Balaban J connectivity index is 1.73. The Bertz CT molecular complexity index is 687. The highest BCUT2D eigenvalue weighted by Crippen LogP contribution is 2.21. The first-order chi connectivity index (χ1) is 11.2. The van der Waals surface area contributed by atoms with Crippen LogP contribution in [0, 0.1) is 6.92 Å². The van der Waals surface area contributed by atoms with E-state index in [4.69, 9.17) is 9.47 Å². The average Bonchev–Trinajstić information content (AvgIpc) is 3.01. The summed E-state index contributed by atoms with van der Waals surface area (Å²) in [5, 5.41) is 6.91. The number of nitrogens with one attached hydrogen (secondary N) is 1. The van der Waals surface area contributed by atoms with Crippen molar-refractivity contribution >= 4 is 5.91 Å². The SMILES string of the molecule is CCOc1cc(C(=O)N2CCO[C@@H](c3n[nH]c(C)n3)C2)ccn1. The number of hydrogen-bond acceptors (Lipinski definition) is 6. The summed E-state index contributed by atoms with van der Waals surface area (Å²) in [7, 11) is 0. The van der Waals surface area contributed by atoms with Gasteiger partial charge in [0, 0.05) is 24.4 Å². The fraction of sp³-hybridized carbons (Fsp3) is 0.467. The molecule has 2 aromatic rings. The van der Waals surface area contributed by atoms with E-state index in [1.165, 1.54) is 0 Å². The molecule has 1 atom stereocenters. The van der Waals surface area contributed by atoms with Crippen molar-refractivity contribution in [3.63, 3.8) is 0 Å². The molecule has 0 bridgehead atoms. The second kappa shape index (κ2) is 6.74. The van der Waals surface area contributed by atoms with Crippen LogP contribution in [-0.4, -0.2) is 57.3 Å². The Morgan fingerprint density at radius 1 is 1.57 bits per heavy atom. The van der Waals surface area contributed by atoms with E-state index >= 15 is 0 Å². The molecule has 3 heterocycles. The van der Waals surface area contributed by atoms with Crippen molar-refractivity contribution in [3.05, 3.63) is 35.5 Å². The predicted molar refractivity (Wildman–Crippen MR) is 81.1 cm³/mol. The zero-order valence-electron chi connectivity index (χ0n) is 13.2.